The molecular weight excluding hydrogens is 477 g/mol. The highest BCUT2D eigenvalue weighted by molar-refractivity contribution is 5.78. The number of carboxylic acid groups (broad SMARTS) is 1. The van der Waals surface area contributed by atoms with Gasteiger partial charge in [0.1, 0.15) is 18.0 Å². The van der Waals surface area contributed by atoms with Gasteiger partial charge in [0, 0.05) is 24.9 Å². The standard InChI is InChI=1S/C26H25F3N2O5/c1-2-18-6-9-21(30-15-18)12-13-35-22-10-7-19(8-11-22)16-31(17-24(32)33)25(34)36-23-5-3-4-20(14-23)26(27,28)29/h3-11,14-15H,2,12-13,16-17H2,1H3,(H,32,33). The van der Waals surface area contributed by atoms with E-state index < -0.39 is 30.3 Å². The molecule has 3 aromatic rings. The largest absolute Gasteiger partial charge is 0.493 e. The highest BCUT2D eigenvalue weighted by atomic mass is 19.4. The second-order valence-corrected chi connectivity index (χ2v) is 7.90. The molecule has 0 aliphatic rings. The van der Waals surface area contributed by atoms with Crippen molar-refractivity contribution in [1.29, 1.82) is 0 Å². The number of carbonyl (C=O) groups is 2. The third kappa shape index (κ3) is 8.00. The molecule has 0 aliphatic heterocycles. The number of carbonyl (C=O) groups excluding carboxylic acids is 1. The molecule has 3 rings (SSSR count). The number of rotatable bonds is 10. The fraction of sp³-hybridized carbons (Fsp3) is 0.269. The maximum atomic E-state index is 12.9. The fourth-order valence-corrected chi connectivity index (χ4v) is 3.25. The SMILES string of the molecule is CCc1ccc(CCOc2ccc(CN(CC(=O)O)C(=O)Oc3cccc(C(F)(F)F)c3)cc2)nc1. The summed E-state index contributed by atoms with van der Waals surface area (Å²) < 4.78 is 49.5. The van der Waals surface area contributed by atoms with Gasteiger partial charge in [-0.3, -0.25) is 14.7 Å². The van der Waals surface area contributed by atoms with Gasteiger partial charge < -0.3 is 14.6 Å². The Labute approximate surface area is 206 Å². The minimum atomic E-state index is -4.61. The van der Waals surface area contributed by atoms with Crippen molar-refractivity contribution in [1.82, 2.24) is 9.88 Å². The molecule has 7 nitrogen and oxygen atoms in total. The number of amides is 1. The lowest BCUT2D eigenvalue weighted by Gasteiger charge is -2.20. The van der Waals surface area contributed by atoms with Crippen molar-refractivity contribution >= 4 is 12.1 Å². The van der Waals surface area contributed by atoms with Gasteiger partial charge in [-0.15, -0.1) is 0 Å². The van der Waals surface area contributed by atoms with Crippen LogP contribution in [0.3, 0.4) is 0 Å². The monoisotopic (exact) mass is 502 g/mol. The summed E-state index contributed by atoms with van der Waals surface area (Å²) in [6.45, 7) is 1.65. The summed E-state index contributed by atoms with van der Waals surface area (Å²) in [6, 6.07) is 14.5. The molecule has 0 aliphatic carbocycles. The summed E-state index contributed by atoms with van der Waals surface area (Å²) in [7, 11) is 0. The quantitative estimate of drug-likeness (QED) is 0.401. The molecule has 0 saturated carbocycles. The van der Waals surface area contributed by atoms with E-state index in [0.717, 1.165) is 34.7 Å². The number of aliphatic carboxylic acids is 1. The van der Waals surface area contributed by atoms with Crippen LogP contribution in [0, 0.1) is 0 Å². The molecule has 0 unspecified atom stereocenters. The number of hydrogen-bond donors (Lipinski definition) is 1. The molecule has 1 aromatic heterocycles. The number of aryl methyl sites for hydroxylation is 1. The van der Waals surface area contributed by atoms with Gasteiger partial charge in [0.05, 0.1) is 12.2 Å². The predicted octanol–water partition coefficient (Wildman–Crippen LogP) is 5.37. The average Bonchev–Trinajstić information content (AvgIpc) is 2.84. The number of pyridine rings is 1. The molecule has 1 heterocycles. The van der Waals surface area contributed by atoms with E-state index in [4.69, 9.17) is 14.6 Å². The van der Waals surface area contributed by atoms with Crippen molar-refractivity contribution in [2.45, 2.75) is 32.5 Å². The van der Waals surface area contributed by atoms with E-state index in [1.807, 2.05) is 18.3 Å². The molecule has 0 fully saturated rings. The molecular formula is C26H25F3N2O5. The smallest absolute Gasteiger partial charge is 0.416 e. The van der Waals surface area contributed by atoms with Crippen molar-refractivity contribution in [3.63, 3.8) is 0 Å². The van der Waals surface area contributed by atoms with Gasteiger partial charge in [-0.1, -0.05) is 31.2 Å². The van der Waals surface area contributed by atoms with Gasteiger partial charge in [0.25, 0.3) is 0 Å². The molecule has 190 valence electrons. The molecule has 10 heteroatoms. The molecule has 0 radical (unpaired) electrons. The second kappa shape index (κ2) is 12.1. The van der Waals surface area contributed by atoms with Crippen molar-refractivity contribution < 1.29 is 37.3 Å². The maximum Gasteiger partial charge on any atom is 0.416 e. The minimum absolute atomic E-state index is 0.127. The molecule has 1 amide bonds. The van der Waals surface area contributed by atoms with E-state index in [1.165, 1.54) is 6.07 Å². The second-order valence-electron chi connectivity index (χ2n) is 7.90. The van der Waals surface area contributed by atoms with Crippen LogP contribution in [0.1, 0.15) is 29.3 Å². The minimum Gasteiger partial charge on any atom is -0.493 e. The Morgan fingerprint density at radius 1 is 1.00 bits per heavy atom. The first-order valence-electron chi connectivity index (χ1n) is 11.2. The number of alkyl halides is 3. The Kier molecular flexibility index (Phi) is 8.88. The maximum absolute atomic E-state index is 12.9. The van der Waals surface area contributed by atoms with E-state index in [1.54, 1.807) is 24.3 Å². The van der Waals surface area contributed by atoms with E-state index in [2.05, 4.69) is 11.9 Å². The topological polar surface area (TPSA) is 89.0 Å². The normalized spacial score (nSPS) is 11.1. The Hall–Kier alpha value is -4.08. The molecule has 0 bridgehead atoms. The number of halogens is 3. The zero-order chi connectivity index (χ0) is 26.1. The van der Waals surface area contributed by atoms with Crippen molar-refractivity contribution in [3.05, 3.63) is 89.2 Å². The van der Waals surface area contributed by atoms with Crippen LogP contribution in [0.5, 0.6) is 11.5 Å². The lowest BCUT2D eigenvalue weighted by molar-refractivity contribution is -0.138. The zero-order valence-electron chi connectivity index (χ0n) is 19.5. The average molecular weight is 502 g/mol. The zero-order valence-corrected chi connectivity index (χ0v) is 19.5. The van der Waals surface area contributed by atoms with E-state index in [9.17, 15) is 22.8 Å². The summed E-state index contributed by atoms with van der Waals surface area (Å²) in [4.78, 5) is 29.0. The van der Waals surface area contributed by atoms with Crippen LogP contribution in [0.15, 0.2) is 66.9 Å². The third-order valence-corrected chi connectivity index (χ3v) is 5.17. The molecule has 1 N–H and O–H groups in total. The van der Waals surface area contributed by atoms with E-state index in [-0.39, 0.29) is 12.3 Å². The summed E-state index contributed by atoms with van der Waals surface area (Å²) in [5, 5.41) is 9.17. The van der Waals surface area contributed by atoms with Gasteiger partial charge in [0.15, 0.2) is 0 Å². The summed E-state index contributed by atoms with van der Waals surface area (Å²) in [5.41, 5.74) is 1.67. The molecule has 2 aromatic carbocycles. The van der Waals surface area contributed by atoms with Gasteiger partial charge in [-0.05, 0) is 53.9 Å². The number of ether oxygens (including phenoxy) is 2. The van der Waals surface area contributed by atoms with Gasteiger partial charge >= 0.3 is 18.2 Å². The Morgan fingerprint density at radius 3 is 2.33 bits per heavy atom. The molecule has 36 heavy (non-hydrogen) atoms. The Balaban J connectivity index is 1.58. The van der Waals surface area contributed by atoms with Gasteiger partial charge in [-0.25, -0.2) is 4.79 Å². The van der Waals surface area contributed by atoms with Crippen LogP contribution in [0.25, 0.3) is 0 Å². The molecule has 0 spiro atoms. The predicted molar refractivity (Wildman–Crippen MR) is 125 cm³/mol. The first-order chi connectivity index (χ1) is 17.1. The highest BCUT2D eigenvalue weighted by Crippen LogP contribution is 2.31. The van der Waals surface area contributed by atoms with Gasteiger partial charge in [-0.2, -0.15) is 13.2 Å². The number of benzene rings is 2. The Morgan fingerprint density at radius 2 is 1.72 bits per heavy atom. The van der Waals surface area contributed by atoms with Crippen molar-refractivity contribution in [3.8, 4) is 11.5 Å². The van der Waals surface area contributed by atoms with E-state index in [0.29, 0.717) is 30.4 Å². The summed E-state index contributed by atoms with van der Waals surface area (Å²) in [6.07, 6.45) is -2.31. The number of hydrogen-bond acceptors (Lipinski definition) is 5. The van der Waals surface area contributed by atoms with Crippen LogP contribution in [0.2, 0.25) is 0 Å². The first-order valence-corrected chi connectivity index (χ1v) is 11.2. The lowest BCUT2D eigenvalue weighted by Crippen LogP contribution is -2.37. The van der Waals surface area contributed by atoms with Gasteiger partial charge in [0.2, 0.25) is 0 Å². The van der Waals surface area contributed by atoms with Crippen LogP contribution >= 0.6 is 0 Å². The third-order valence-electron chi connectivity index (χ3n) is 5.17. The summed E-state index contributed by atoms with van der Waals surface area (Å²) in [5.74, 6) is -1.05. The van der Waals surface area contributed by atoms with Crippen molar-refractivity contribution in [2.24, 2.45) is 0 Å². The van der Waals surface area contributed by atoms with Crippen LogP contribution in [0.4, 0.5) is 18.0 Å². The summed E-state index contributed by atoms with van der Waals surface area (Å²) >= 11 is 0. The number of carboxylic acids is 1. The highest BCUT2D eigenvalue weighted by Gasteiger charge is 2.31. The van der Waals surface area contributed by atoms with Crippen LogP contribution < -0.4 is 9.47 Å². The van der Waals surface area contributed by atoms with Crippen LogP contribution in [-0.2, 0) is 30.4 Å². The van der Waals surface area contributed by atoms with Crippen molar-refractivity contribution in [2.75, 3.05) is 13.2 Å². The fourth-order valence-electron chi connectivity index (χ4n) is 3.25. The Bertz CT molecular complexity index is 1170. The number of nitrogens with zero attached hydrogens (tertiary/aromatic N) is 2. The number of aromatic nitrogens is 1. The van der Waals surface area contributed by atoms with Crippen LogP contribution in [-0.4, -0.2) is 40.2 Å². The lowest BCUT2D eigenvalue weighted by atomic mass is 10.2. The van der Waals surface area contributed by atoms with E-state index >= 15 is 0 Å². The first kappa shape index (κ1) is 26.5. The molecule has 0 saturated heterocycles. The molecule has 0 atom stereocenters.